The minimum absolute atomic E-state index is 0. The molecule has 2 rings (SSSR count). The molecule has 26 heavy (non-hydrogen) atoms. The molecule has 0 fully saturated rings. The van der Waals surface area contributed by atoms with Crippen molar-refractivity contribution in [3.63, 3.8) is 0 Å². The van der Waals surface area contributed by atoms with Gasteiger partial charge in [-0.3, -0.25) is 0 Å². The summed E-state index contributed by atoms with van der Waals surface area (Å²) in [6.07, 6.45) is 0. The number of hydrogen-bond acceptors (Lipinski definition) is 2. The predicted octanol–water partition coefficient (Wildman–Crippen LogP) is 4.04. The van der Waals surface area contributed by atoms with E-state index in [1.165, 1.54) is 5.56 Å². The third-order valence-electron chi connectivity index (χ3n) is 4.48. The summed E-state index contributed by atoms with van der Waals surface area (Å²) in [5.74, 6) is 1.17. The number of hydrogen-bond donors (Lipinski definition) is 3. The van der Waals surface area contributed by atoms with Gasteiger partial charge in [0.2, 0.25) is 0 Å². The summed E-state index contributed by atoms with van der Waals surface area (Å²) in [7, 11) is 0. The molecule has 2 unspecified atom stereocenters. The van der Waals surface area contributed by atoms with E-state index in [0.29, 0.717) is 12.5 Å². The van der Waals surface area contributed by atoms with Crippen molar-refractivity contribution in [2.24, 2.45) is 4.99 Å². The number of aliphatic imine (C=N–C) groups is 1. The van der Waals surface area contributed by atoms with Gasteiger partial charge in [0.25, 0.3) is 0 Å². The zero-order valence-corrected chi connectivity index (χ0v) is 18.1. The maximum absolute atomic E-state index is 9.45. The second kappa shape index (κ2) is 11.9. The highest BCUT2D eigenvalue weighted by Gasteiger charge is 2.15. The lowest BCUT2D eigenvalue weighted by atomic mass is 9.94. The molecule has 2 aromatic carbocycles. The Labute approximate surface area is 174 Å². The summed E-state index contributed by atoms with van der Waals surface area (Å²) in [5, 5.41) is 16.3. The minimum atomic E-state index is 0. The van der Waals surface area contributed by atoms with Crippen LogP contribution in [0.5, 0.6) is 0 Å². The molecule has 3 N–H and O–H groups in total. The van der Waals surface area contributed by atoms with Crippen LogP contribution in [0.25, 0.3) is 0 Å². The van der Waals surface area contributed by atoms with Gasteiger partial charge in [0.1, 0.15) is 0 Å². The monoisotopic (exact) mass is 467 g/mol. The van der Waals surface area contributed by atoms with Crippen molar-refractivity contribution in [3.8, 4) is 0 Å². The molecule has 0 heterocycles. The fourth-order valence-electron chi connectivity index (χ4n) is 2.74. The van der Waals surface area contributed by atoms with E-state index in [-0.39, 0.29) is 36.6 Å². The van der Waals surface area contributed by atoms with Gasteiger partial charge in [-0.15, -0.1) is 24.0 Å². The molecule has 0 aliphatic heterocycles. The minimum Gasteiger partial charge on any atom is -0.392 e. The van der Waals surface area contributed by atoms with Gasteiger partial charge in [-0.2, -0.15) is 0 Å². The summed E-state index contributed by atoms with van der Waals surface area (Å²) in [6.45, 7) is 7.84. The largest absolute Gasteiger partial charge is 0.392 e. The summed E-state index contributed by atoms with van der Waals surface area (Å²) >= 11 is 0. The highest BCUT2D eigenvalue weighted by Crippen LogP contribution is 2.18. The zero-order chi connectivity index (χ0) is 18.1. The van der Waals surface area contributed by atoms with Crippen molar-refractivity contribution in [2.45, 2.75) is 45.9 Å². The molecule has 0 saturated heterocycles. The molecular weight excluding hydrogens is 437 g/mol. The smallest absolute Gasteiger partial charge is 0.191 e. The van der Waals surface area contributed by atoms with Gasteiger partial charge in [-0.05, 0) is 30.5 Å². The maximum Gasteiger partial charge on any atom is 0.191 e. The van der Waals surface area contributed by atoms with E-state index < -0.39 is 0 Å². The Morgan fingerprint density at radius 3 is 2.23 bits per heavy atom. The standard InChI is InChI=1S/C21H29N3O.HI/c1-4-22-21(23-14-19-12-8-9-13-20(19)15-25)24-17(3)16(2)18-10-6-5-7-11-18;/h5-13,16-17,25H,4,14-15H2,1-3H3,(H2,22,23,24);1H. The molecule has 0 spiro atoms. The first-order valence-corrected chi connectivity index (χ1v) is 8.93. The maximum atomic E-state index is 9.45. The Bertz CT molecular complexity index is 676. The van der Waals surface area contributed by atoms with Crippen molar-refractivity contribution >= 4 is 29.9 Å². The second-order valence-corrected chi connectivity index (χ2v) is 6.25. The number of guanidine groups is 1. The molecule has 4 nitrogen and oxygen atoms in total. The first-order chi connectivity index (χ1) is 12.2. The Hall–Kier alpha value is -1.60. The van der Waals surface area contributed by atoms with Crippen LogP contribution >= 0.6 is 24.0 Å². The Morgan fingerprint density at radius 1 is 1.00 bits per heavy atom. The highest BCUT2D eigenvalue weighted by atomic mass is 127. The van der Waals surface area contributed by atoms with E-state index >= 15 is 0 Å². The van der Waals surface area contributed by atoms with Gasteiger partial charge in [-0.1, -0.05) is 61.5 Å². The van der Waals surface area contributed by atoms with Gasteiger partial charge >= 0.3 is 0 Å². The van der Waals surface area contributed by atoms with Crippen molar-refractivity contribution in [3.05, 3.63) is 71.3 Å². The molecular formula is C21H30IN3O. The van der Waals surface area contributed by atoms with Crippen LogP contribution in [0.3, 0.4) is 0 Å². The zero-order valence-electron chi connectivity index (χ0n) is 15.8. The first kappa shape index (κ1) is 22.4. The fraction of sp³-hybridized carbons (Fsp3) is 0.381. The number of halogens is 1. The molecule has 0 radical (unpaired) electrons. The van der Waals surface area contributed by atoms with Crippen LogP contribution in [0.2, 0.25) is 0 Å². The summed E-state index contributed by atoms with van der Waals surface area (Å²) in [6, 6.07) is 18.6. The van der Waals surface area contributed by atoms with Gasteiger partial charge in [0.05, 0.1) is 13.2 Å². The lowest BCUT2D eigenvalue weighted by Gasteiger charge is -2.24. The van der Waals surface area contributed by atoms with Crippen LogP contribution < -0.4 is 10.6 Å². The summed E-state index contributed by atoms with van der Waals surface area (Å²) < 4.78 is 0. The number of aliphatic hydroxyl groups excluding tert-OH is 1. The van der Waals surface area contributed by atoms with E-state index in [9.17, 15) is 5.11 Å². The Balaban J connectivity index is 0.00000338. The SMILES string of the molecule is CCNC(=NCc1ccccc1CO)NC(C)C(C)c1ccccc1.I. The molecule has 0 aliphatic carbocycles. The van der Waals surface area contributed by atoms with Crippen molar-refractivity contribution in [1.82, 2.24) is 10.6 Å². The Morgan fingerprint density at radius 2 is 1.62 bits per heavy atom. The molecule has 142 valence electrons. The van der Waals surface area contributed by atoms with E-state index in [0.717, 1.165) is 23.6 Å². The van der Waals surface area contributed by atoms with Crippen LogP contribution in [0.15, 0.2) is 59.6 Å². The van der Waals surface area contributed by atoms with Crippen LogP contribution in [0.4, 0.5) is 0 Å². The van der Waals surface area contributed by atoms with Gasteiger partial charge in [0.15, 0.2) is 5.96 Å². The highest BCUT2D eigenvalue weighted by molar-refractivity contribution is 14.0. The average molecular weight is 467 g/mol. The van der Waals surface area contributed by atoms with E-state index in [1.54, 1.807) is 0 Å². The summed E-state index contributed by atoms with van der Waals surface area (Å²) in [5.41, 5.74) is 3.28. The lowest BCUT2D eigenvalue weighted by Crippen LogP contribution is -2.44. The number of nitrogens with one attached hydrogen (secondary N) is 2. The third kappa shape index (κ3) is 6.61. The second-order valence-electron chi connectivity index (χ2n) is 6.25. The van der Waals surface area contributed by atoms with Crippen molar-refractivity contribution < 1.29 is 5.11 Å². The summed E-state index contributed by atoms with van der Waals surface area (Å²) in [4.78, 5) is 4.69. The van der Waals surface area contributed by atoms with E-state index in [4.69, 9.17) is 4.99 Å². The van der Waals surface area contributed by atoms with Crippen molar-refractivity contribution in [1.29, 1.82) is 0 Å². The van der Waals surface area contributed by atoms with Gasteiger partial charge in [-0.25, -0.2) is 4.99 Å². The van der Waals surface area contributed by atoms with E-state index in [2.05, 4.69) is 55.7 Å². The topological polar surface area (TPSA) is 56.7 Å². The Kier molecular flexibility index (Phi) is 10.3. The van der Waals surface area contributed by atoms with Gasteiger partial charge in [0, 0.05) is 18.5 Å². The number of benzene rings is 2. The molecule has 2 aromatic rings. The number of aliphatic hydroxyl groups is 1. The average Bonchev–Trinajstić information content (AvgIpc) is 2.66. The molecule has 0 aromatic heterocycles. The molecule has 0 aliphatic rings. The molecule has 0 bridgehead atoms. The molecule has 0 amide bonds. The fourth-order valence-corrected chi connectivity index (χ4v) is 2.74. The van der Waals surface area contributed by atoms with Gasteiger partial charge < -0.3 is 15.7 Å². The number of rotatable bonds is 7. The first-order valence-electron chi connectivity index (χ1n) is 8.93. The van der Waals surface area contributed by atoms with Crippen molar-refractivity contribution in [2.75, 3.05) is 6.54 Å². The molecule has 0 saturated carbocycles. The quantitative estimate of drug-likeness (QED) is 0.327. The van der Waals surface area contributed by atoms with Crippen LogP contribution in [-0.2, 0) is 13.2 Å². The lowest BCUT2D eigenvalue weighted by molar-refractivity contribution is 0.280. The molecule has 5 heteroatoms. The van der Waals surface area contributed by atoms with Crippen LogP contribution in [0.1, 0.15) is 43.4 Å². The predicted molar refractivity (Wildman–Crippen MR) is 120 cm³/mol. The van der Waals surface area contributed by atoms with Crippen LogP contribution in [-0.4, -0.2) is 23.7 Å². The number of nitrogens with zero attached hydrogens (tertiary/aromatic N) is 1. The van der Waals surface area contributed by atoms with Crippen LogP contribution in [0, 0.1) is 0 Å². The van der Waals surface area contributed by atoms with E-state index in [1.807, 2.05) is 30.3 Å². The third-order valence-corrected chi connectivity index (χ3v) is 4.48. The molecule has 2 atom stereocenters. The normalized spacial score (nSPS) is 13.5.